The molecule has 2 N–H and O–H groups in total. The minimum absolute atomic E-state index is 0.108. The lowest BCUT2D eigenvalue weighted by Gasteiger charge is -2.26. The summed E-state index contributed by atoms with van der Waals surface area (Å²) in [5.41, 5.74) is 3.20. The van der Waals surface area contributed by atoms with Gasteiger partial charge in [0.05, 0.1) is 18.5 Å². The SMILES string of the molecule is COc1ccc(NC(=O)N(CC(=O)Nc2cc(C(C)(C)C)nn2-c2ccccc2C)C(C)C)cc1. The molecule has 0 radical (unpaired) electrons. The van der Waals surface area contributed by atoms with Gasteiger partial charge in [-0.2, -0.15) is 5.10 Å². The van der Waals surface area contributed by atoms with Gasteiger partial charge in [-0.1, -0.05) is 39.0 Å². The maximum atomic E-state index is 13.1. The number of para-hydroxylation sites is 1. The van der Waals surface area contributed by atoms with E-state index < -0.39 is 0 Å². The van der Waals surface area contributed by atoms with Gasteiger partial charge in [0.25, 0.3) is 0 Å². The van der Waals surface area contributed by atoms with Crippen molar-refractivity contribution in [2.24, 2.45) is 0 Å². The summed E-state index contributed by atoms with van der Waals surface area (Å²) in [5.74, 6) is 0.954. The van der Waals surface area contributed by atoms with Crippen LogP contribution in [0.4, 0.5) is 16.3 Å². The fourth-order valence-electron chi connectivity index (χ4n) is 3.52. The van der Waals surface area contributed by atoms with Crippen LogP contribution in [-0.2, 0) is 10.2 Å². The van der Waals surface area contributed by atoms with Crippen molar-refractivity contribution in [2.75, 3.05) is 24.3 Å². The van der Waals surface area contributed by atoms with E-state index in [0.29, 0.717) is 17.3 Å². The molecular formula is C27H35N5O3. The maximum Gasteiger partial charge on any atom is 0.322 e. The average Bonchev–Trinajstić information content (AvgIpc) is 3.22. The number of amides is 3. The van der Waals surface area contributed by atoms with Crippen molar-refractivity contribution in [3.63, 3.8) is 0 Å². The highest BCUT2D eigenvalue weighted by Gasteiger charge is 2.24. The van der Waals surface area contributed by atoms with Gasteiger partial charge in [-0.25, -0.2) is 9.48 Å². The second-order valence-electron chi connectivity index (χ2n) is 9.79. The molecule has 3 rings (SSSR count). The van der Waals surface area contributed by atoms with Crippen molar-refractivity contribution in [1.82, 2.24) is 14.7 Å². The Labute approximate surface area is 207 Å². The number of ether oxygens (including phenoxy) is 1. The molecule has 1 heterocycles. The van der Waals surface area contributed by atoms with E-state index in [1.165, 1.54) is 4.90 Å². The highest BCUT2D eigenvalue weighted by atomic mass is 16.5. The maximum absolute atomic E-state index is 13.1. The summed E-state index contributed by atoms with van der Waals surface area (Å²) in [6, 6.07) is 16.3. The number of nitrogens with one attached hydrogen (secondary N) is 2. The Kier molecular flexibility index (Phi) is 7.84. The van der Waals surface area contributed by atoms with Crippen LogP contribution in [0.1, 0.15) is 45.9 Å². The van der Waals surface area contributed by atoms with Crippen LogP contribution in [0.5, 0.6) is 5.75 Å². The number of urea groups is 1. The molecule has 0 fully saturated rings. The van der Waals surface area contributed by atoms with Crippen LogP contribution in [0.25, 0.3) is 5.69 Å². The smallest absolute Gasteiger partial charge is 0.322 e. The zero-order chi connectivity index (χ0) is 25.8. The zero-order valence-electron chi connectivity index (χ0n) is 21.5. The Morgan fingerprint density at radius 1 is 1.06 bits per heavy atom. The van der Waals surface area contributed by atoms with E-state index >= 15 is 0 Å². The number of hydrogen-bond acceptors (Lipinski definition) is 4. The third-order valence-corrected chi connectivity index (χ3v) is 5.63. The van der Waals surface area contributed by atoms with Crippen LogP contribution in [-0.4, -0.2) is 46.3 Å². The van der Waals surface area contributed by atoms with E-state index in [0.717, 1.165) is 16.9 Å². The van der Waals surface area contributed by atoms with Crippen LogP contribution >= 0.6 is 0 Å². The second kappa shape index (κ2) is 10.6. The summed E-state index contributed by atoms with van der Waals surface area (Å²) < 4.78 is 6.91. The van der Waals surface area contributed by atoms with E-state index in [9.17, 15) is 9.59 Å². The molecule has 8 nitrogen and oxygen atoms in total. The van der Waals surface area contributed by atoms with Crippen molar-refractivity contribution < 1.29 is 14.3 Å². The Morgan fingerprint density at radius 3 is 2.29 bits per heavy atom. The van der Waals surface area contributed by atoms with Crippen LogP contribution in [0.15, 0.2) is 54.6 Å². The van der Waals surface area contributed by atoms with Gasteiger partial charge < -0.3 is 20.3 Å². The van der Waals surface area contributed by atoms with Gasteiger partial charge in [0.2, 0.25) is 5.91 Å². The molecule has 0 saturated carbocycles. The number of carbonyl (C=O) groups excluding carboxylic acids is 2. The first-order valence-corrected chi connectivity index (χ1v) is 11.7. The number of benzene rings is 2. The molecule has 0 saturated heterocycles. The lowest BCUT2D eigenvalue weighted by Crippen LogP contribution is -2.44. The summed E-state index contributed by atoms with van der Waals surface area (Å²) in [7, 11) is 1.59. The number of rotatable bonds is 7. The summed E-state index contributed by atoms with van der Waals surface area (Å²) in [6.45, 7) is 11.9. The molecule has 2 aromatic carbocycles. The van der Waals surface area contributed by atoms with Crippen molar-refractivity contribution >= 4 is 23.4 Å². The number of nitrogens with zero attached hydrogens (tertiary/aromatic N) is 3. The Balaban J connectivity index is 1.80. The normalized spacial score (nSPS) is 11.3. The topological polar surface area (TPSA) is 88.5 Å². The average molecular weight is 478 g/mol. The highest BCUT2D eigenvalue weighted by molar-refractivity contribution is 5.97. The van der Waals surface area contributed by atoms with Gasteiger partial charge in [0, 0.05) is 23.2 Å². The first-order chi connectivity index (χ1) is 16.5. The van der Waals surface area contributed by atoms with Gasteiger partial charge in [-0.3, -0.25) is 4.79 Å². The molecule has 0 bridgehead atoms. The molecule has 0 aliphatic rings. The highest BCUT2D eigenvalue weighted by Crippen LogP contribution is 2.27. The van der Waals surface area contributed by atoms with Crippen LogP contribution in [0.2, 0.25) is 0 Å². The van der Waals surface area contributed by atoms with Gasteiger partial charge in [-0.05, 0) is 56.7 Å². The third kappa shape index (κ3) is 6.41. The molecule has 0 aliphatic heterocycles. The molecule has 35 heavy (non-hydrogen) atoms. The molecule has 3 aromatic rings. The van der Waals surface area contributed by atoms with Crippen molar-refractivity contribution in [3.05, 3.63) is 65.9 Å². The Bertz CT molecular complexity index is 1180. The number of hydrogen-bond donors (Lipinski definition) is 2. The first-order valence-electron chi connectivity index (χ1n) is 11.7. The van der Waals surface area contributed by atoms with E-state index in [-0.39, 0.29) is 29.9 Å². The van der Waals surface area contributed by atoms with Gasteiger partial charge in [-0.15, -0.1) is 0 Å². The van der Waals surface area contributed by atoms with Crippen molar-refractivity contribution in [3.8, 4) is 11.4 Å². The lowest BCUT2D eigenvalue weighted by molar-refractivity contribution is -0.117. The van der Waals surface area contributed by atoms with Crippen molar-refractivity contribution in [1.29, 1.82) is 0 Å². The van der Waals surface area contributed by atoms with Gasteiger partial charge >= 0.3 is 6.03 Å². The van der Waals surface area contributed by atoms with E-state index in [4.69, 9.17) is 9.84 Å². The quantitative estimate of drug-likeness (QED) is 0.479. The fourth-order valence-corrected chi connectivity index (χ4v) is 3.52. The molecule has 1 aromatic heterocycles. The molecular weight excluding hydrogens is 442 g/mol. The van der Waals surface area contributed by atoms with E-state index in [1.807, 2.05) is 51.1 Å². The van der Waals surface area contributed by atoms with E-state index in [2.05, 4.69) is 31.4 Å². The van der Waals surface area contributed by atoms with Crippen LogP contribution in [0.3, 0.4) is 0 Å². The lowest BCUT2D eigenvalue weighted by atomic mass is 9.92. The number of methoxy groups -OCH3 is 1. The number of aromatic nitrogens is 2. The monoisotopic (exact) mass is 477 g/mol. The summed E-state index contributed by atoms with van der Waals surface area (Å²) in [4.78, 5) is 27.5. The third-order valence-electron chi connectivity index (χ3n) is 5.63. The molecule has 0 spiro atoms. The molecule has 0 aliphatic carbocycles. The number of anilines is 2. The number of carbonyl (C=O) groups is 2. The zero-order valence-corrected chi connectivity index (χ0v) is 21.5. The summed E-state index contributed by atoms with van der Waals surface area (Å²) in [6.07, 6.45) is 0. The molecule has 0 atom stereocenters. The summed E-state index contributed by atoms with van der Waals surface area (Å²) >= 11 is 0. The molecule has 186 valence electrons. The van der Waals surface area contributed by atoms with Gasteiger partial charge in [0.1, 0.15) is 18.1 Å². The van der Waals surface area contributed by atoms with Crippen molar-refractivity contribution in [2.45, 2.75) is 53.0 Å². The second-order valence-corrected chi connectivity index (χ2v) is 9.79. The summed E-state index contributed by atoms with van der Waals surface area (Å²) in [5, 5.41) is 10.6. The first kappa shape index (κ1) is 25.8. The van der Waals surface area contributed by atoms with Crippen LogP contribution in [0, 0.1) is 6.92 Å². The van der Waals surface area contributed by atoms with Gasteiger partial charge in [0.15, 0.2) is 0 Å². The molecule has 8 heteroatoms. The molecule has 3 amide bonds. The predicted octanol–water partition coefficient (Wildman–Crippen LogP) is 5.37. The van der Waals surface area contributed by atoms with Crippen LogP contribution < -0.4 is 15.4 Å². The molecule has 0 unspecified atom stereocenters. The minimum atomic E-state index is -0.358. The largest absolute Gasteiger partial charge is 0.497 e. The van der Waals surface area contributed by atoms with E-state index in [1.54, 1.807) is 36.1 Å². The minimum Gasteiger partial charge on any atom is -0.497 e. The Hall–Kier alpha value is -3.81. The predicted molar refractivity (Wildman–Crippen MR) is 139 cm³/mol. The number of aryl methyl sites for hydroxylation is 1. The Morgan fingerprint density at radius 2 is 1.71 bits per heavy atom. The standard InChI is InChI=1S/C27H35N5O3/c1-18(2)31(26(34)28-20-12-14-21(35-7)15-13-20)17-25(33)29-24-16-23(27(4,5)6)30-32(24)22-11-9-8-10-19(22)3/h8-16,18H,17H2,1-7H3,(H,28,34)(H,29,33). The fraction of sp³-hybridized carbons (Fsp3) is 0.370.